The number of benzene rings is 1. The molecule has 1 aromatic carbocycles. The fraction of sp³-hybridized carbons (Fsp3) is 0.471. The maximum absolute atomic E-state index is 9.07. The second-order valence-electron chi connectivity index (χ2n) is 5.51. The Morgan fingerprint density at radius 2 is 2.00 bits per heavy atom. The zero-order valence-electron chi connectivity index (χ0n) is 13.8. The van der Waals surface area contributed by atoms with Crippen molar-refractivity contribution in [2.45, 2.75) is 45.3 Å². The molecule has 2 rings (SSSR count). The molecule has 22 heavy (non-hydrogen) atoms. The third-order valence-electron chi connectivity index (χ3n) is 3.90. The molecule has 0 unspecified atom stereocenters. The first-order chi connectivity index (χ1) is 10.6. The van der Waals surface area contributed by atoms with Crippen LogP contribution < -0.4 is 5.32 Å². The SMILES string of the molecule is CSc1cc(C)ccc1CNCc1c(C)nn(CCO)c1C. The number of nitrogens with one attached hydrogen (secondary N) is 1. The van der Waals surface area contributed by atoms with E-state index in [1.165, 1.54) is 21.6 Å². The summed E-state index contributed by atoms with van der Waals surface area (Å²) in [5.41, 5.74) is 6.02. The first-order valence-corrected chi connectivity index (χ1v) is 8.77. The molecule has 4 nitrogen and oxygen atoms in total. The van der Waals surface area contributed by atoms with Crippen molar-refractivity contribution in [1.82, 2.24) is 15.1 Å². The Morgan fingerprint density at radius 3 is 2.68 bits per heavy atom. The quantitative estimate of drug-likeness (QED) is 0.771. The van der Waals surface area contributed by atoms with Crippen LogP contribution in [-0.2, 0) is 19.6 Å². The predicted molar refractivity (Wildman–Crippen MR) is 92.3 cm³/mol. The van der Waals surface area contributed by atoms with Crippen LogP contribution >= 0.6 is 11.8 Å². The van der Waals surface area contributed by atoms with Gasteiger partial charge in [-0.1, -0.05) is 12.1 Å². The van der Waals surface area contributed by atoms with Gasteiger partial charge in [0.1, 0.15) is 0 Å². The van der Waals surface area contributed by atoms with E-state index in [-0.39, 0.29) is 6.61 Å². The molecule has 0 radical (unpaired) electrons. The molecule has 0 bridgehead atoms. The lowest BCUT2D eigenvalue weighted by Crippen LogP contribution is -2.15. The fourth-order valence-electron chi connectivity index (χ4n) is 2.62. The van der Waals surface area contributed by atoms with Crippen molar-refractivity contribution in [2.75, 3.05) is 12.9 Å². The average molecular weight is 319 g/mol. The van der Waals surface area contributed by atoms with Crippen LogP contribution in [0.5, 0.6) is 0 Å². The van der Waals surface area contributed by atoms with Crippen LogP contribution in [0.3, 0.4) is 0 Å². The lowest BCUT2D eigenvalue weighted by molar-refractivity contribution is 0.267. The summed E-state index contributed by atoms with van der Waals surface area (Å²) in [5, 5.41) is 17.1. The van der Waals surface area contributed by atoms with Gasteiger partial charge in [0.2, 0.25) is 0 Å². The Morgan fingerprint density at radius 1 is 1.23 bits per heavy atom. The Kier molecular flexibility index (Phi) is 6.06. The fourth-order valence-corrected chi connectivity index (χ4v) is 3.33. The van der Waals surface area contributed by atoms with Crippen molar-refractivity contribution < 1.29 is 5.11 Å². The number of aromatic nitrogens is 2. The van der Waals surface area contributed by atoms with Gasteiger partial charge in [0, 0.05) is 29.2 Å². The van der Waals surface area contributed by atoms with E-state index in [4.69, 9.17) is 5.11 Å². The minimum absolute atomic E-state index is 0.120. The number of aliphatic hydroxyl groups excluding tert-OH is 1. The highest BCUT2D eigenvalue weighted by Crippen LogP contribution is 2.22. The molecule has 2 N–H and O–H groups in total. The van der Waals surface area contributed by atoms with Crippen LogP contribution in [0.25, 0.3) is 0 Å². The summed E-state index contributed by atoms with van der Waals surface area (Å²) in [5.74, 6) is 0. The molecule has 0 aliphatic carbocycles. The molecule has 0 saturated heterocycles. The Bertz CT molecular complexity index is 637. The van der Waals surface area contributed by atoms with Crippen molar-refractivity contribution in [3.8, 4) is 0 Å². The van der Waals surface area contributed by atoms with Gasteiger partial charge in [0.25, 0.3) is 0 Å². The Labute approximate surface area is 136 Å². The summed E-state index contributed by atoms with van der Waals surface area (Å²) in [6.07, 6.45) is 2.12. The van der Waals surface area contributed by atoms with Crippen LogP contribution in [-0.4, -0.2) is 27.7 Å². The monoisotopic (exact) mass is 319 g/mol. The average Bonchev–Trinajstić information content (AvgIpc) is 2.76. The van der Waals surface area contributed by atoms with Gasteiger partial charge >= 0.3 is 0 Å². The van der Waals surface area contributed by atoms with Crippen molar-refractivity contribution in [3.63, 3.8) is 0 Å². The maximum Gasteiger partial charge on any atom is 0.0644 e. The Hall–Kier alpha value is -1.30. The van der Waals surface area contributed by atoms with E-state index in [2.05, 4.69) is 48.7 Å². The topological polar surface area (TPSA) is 50.1 Å². The first-order valence-electron chi connectivity index (χ1n) is 7.54. The summed E-state index contributed by atoms with van der Waals surface area (Å²) in [6, 6.07) is 6.59. The van der Waals surface area contributed by atoms with Crippen molar-refractivity contribution in [3.05, 3.63) is 46.3 Å². The lowest BCUT2D eigenvalue weighted by atomic mass is 10.1. The summed E-state index contributed by atoms with van der Waals surface area (Å²) in [7, 11) is 0. The number of aryl methyl sites for hydroxylation is 2. The van der Waals surface area contributed by atoms with E-state index < -0.39 is 0 Å². The molecule has 0 aliphatic rings. The number of nitrogens with zero attached hydrogens (tertiary/aromatic N) is 2. The summed E-state index contributed by atoms with van der Waals surface area (Å²) in [4.78, 5) is 1.33. The second-order valence-corrected chi connectivity index (χ2v) is 6.36. The summed E-state index contributed by atoms with van der Waals surface area (Å²) < 4.78 is 1.88. The van der Waals surface area contributed by atoms with Crippen LogP contribution in [0, 0.1) is 20.8 Å². The van der Waals surface area contributed by atoms with Crippen LogP contribution in [0.15, 0.2) is 23.1 Å². The van der Waals surface area contributed by atoms with Crippen molar-refractivity contribution in [2.24, 2.45) is 0 Å². The third kappa shape index (κ3) is 3.91. The molecule has 1 aromatic heterocycles. The number of thioether (sulfide) groups is 1. The zero-order valence-corrected chi connectivity index (χ0v) is 14.6. The van der Waals surface area contributed by atoms with E-state index in [0.717, 1.165) is 24.5 Å². The highest BCUT2D eigenvalue weighted by atomic mass is 32.2. The molecule has 1 heterocycles. The maximum atomic E-state index is 9.07. The number of aliphatic hydroxyl groups is 1. The Balaban J connectivity index is 2.02. The lowest BCUT2D eigenvalue weighted by Gasteiger charge is -2.10. The smallest absolute Gasteiger partial charge is 0.0644 e. The van der Waals surface area contributed by atoms with Crippen molar-refractivity contribution >= 4 is 11.8 Å². The van der Waals surface area contributed by atoms with Gasteiger partial charge in [-0.05, 0) is 44.2 Å². The third-order valence-corrected chi connectivity index (χ3v) is 4.72. The molecule has 0 fully saturated rings. The molecule has 5 heteroatoms. The van der Waals surface area contributed by atoms with Gasteiger partial charge in [-0.3, -0.25) is 4.68 Å². The molecule has 120 valence electrons. The second kappa shape index (κ2) is 7.81. The molecule has 0 spiro atoms. The predicted octanol–water partition coefficient (Wildman–Crippen LogP) is 2.81. The minimum atomic E-state index is 0.120. The standard InChI is InChI=1S/C17H25N3OS/c1-12-5-6-15(17(9-12)22-4)10-18-11-16-13(2)19-20(7-8-21)14(16)3/h5-6,9,18,21H,7-8,10-11H2,1-4H3. The van der Waals surface area contributed by atoms with Gasteiger partial charge in [-0.15, -0.1) is 11.8 Å². The molecule has 2 aromatic rings. The molecule has 0 aliphatic heterocycles. The van der Waals surface area contributed by atoms with Gasteiger partial charge in [-0.2, -0.15) is 5.10 Å². The largest absolute Gasteiger partial charge is 0.394 e. The van der Waals surface area contributed by atoms with Gasteiger partial charge < -0.3 is 10.4 Å². The van der Waals surface area contributed by atoms with E-state index in [0.29, 0.717) is 6.54 Å². The van der Waals surface area contributed by atoms with E-state index in [9.17, 15) is 0 Å². The van der Waals surface area contributed by atoms with E-state index in [1.54, 1.807) is 11.8 Å². The summed E-state index contributed by atoms with van der Waals surface area (Å²) in [6.45, 7) is 8.53. The highest BCUT2D eigenvalue weighted by Gasteiger charge is 2.11. The molecule has 0 amide bonds. The molecular weight excluding hydrogens is 294 g/mol. The van der Waals surface area contributed by atoms with Crippen LogP contribution in [0.4, 0.5) is 0 Å². The van der Waals surface area contributed by atoms with Gasteiger partial charge in [0.05, 0.1) is 18.8 Å². The normalized spacial score (nSPS) is 11.1. The van der Waals surface area contributed by atoms with Gasteiger partial charge in [0.15, 0.2) is 0 Å². The van der Waals surface area contributed by atoms with Crippen molar-refractivity contribution in [1.29, 1.82) is 0 Å². The van der Waals surface area contributed by atoms with Crippen LogP contribution in [0.1, 0.15) is 28.1 Å². The number of rotatable bonds is 7. The van der Waals surface area contributed by atoms with E-state index in [1.807, 2.05) is 11.6 Å². The van der Waals surface area contributed by atoms with E-state index >= 15 is 0 Å². The summed E-state index contributed by atoms with van der Waals surface area (Å²) >= 11 is 1.79. The first kappa shape index (κ1) is 17.1. The van der Waals surface area contributed by atoms with Crippen LogP contribution in [0.2, 0.25) is 0 Å². The van der Waals surface area contributed by atoms with Gasteiger partial charge in [-0.25, -0.2) is 0 Å². The molecule has 0 atom stereocenters. The number of hydrogen-bond acceptors (Lipinski definition) is 4. The molecular formula is C17H25N3OS. The molecule has 0 saturated carbocycles. The number of hydrogen-bond donors (Lipinski definition) is 2. The minimum Gasteiger partial charge on any atom is -0.394 e. The highest BCUT2D eigenvalue weighted by molar-refractivity contribution is 7.98. The zero-order chi connectivity index (χ0) is 16.1.